The van der Waals surface area contributed by atoms with Gasteiger partial charge in [0.25, 0.3) is 5.69 Å². The van der Waals surface area contributed by atoms with Crippen LogP contribution < -0.4 is 9.47 Å². The Bertz CT molecular complexity index is 609. The third-order valence-electron chi connectivity index (χ3n) is 2.59. The molecule has 0 radical (unpaired) electrons. The van der Waals surface area contributed by atoms with E-state index >= 15 is 0 Å². The molecule has 24 heavy (non-hydrogen) atoms. The lowest BCUT2D eigenvalue weighted by molar-refractivity contribution is -0.384. The summed E-state index contributed by atoms with van der Waals surface area (Å²) in [6.45, 7) is 10.2. The van der Waals surface area contributed by atoms with Gasteiger partial charge in [-0.3, -0.25) is 10.1 Å². The van der Waals surface area contributed by atoms with E-state index in [1.807, 2.05) is 39.0 Å². The van der Waals surface area contributed by atoms with Crippen LogP contribution in [0.5, 0.6) is 17.2 Å². The standard InChI is InChI=1S/C14H13NO4.C3H8.C2H6/c1-10-3-8-13(18-2)14(9-10)19-12-6-4-11(5-7-12)15(16)17;1-3-2;1-2/h3-9H,1-2H3;3H2,1-2H3;1-2H3. The van der Waals surface area contributed by atoms with Crippen LogP contribution in [-0.4, -0.2) is 12.0 Å². The van der Waals surface area contributed by atoms with Crippen LogP contribution >= 0.6 is 0 Å². The van der Waals surface area contributed by atoms with Crippen molar-refractivity contribution in [2.45, 2.75) is 41.0 Å². The molecule has 2 rings (SSSR count). The molecule has 132 valence electrons. The van der Waals surface area contributed by atoms with Crippen molar-refractivity contribution >= 4 is 5.69 Å². The summed E-state index contributed by atoms with van der Waals surface area (Å²) >= 11 is 0. The average molecular weight is 333 g/mol. The molecular weight excluding hydrogens is 306 g/mol. The van der Waals surface area contributed by atoms with Crippen LogP contribution in [0.4, 0.5) is 5.69 Å². The summed E-state index contributed by atoms with van der Waals surface area (Å²) in [6, 6.07) is 11.5. The molecule has 0 spiro atoms. The van der Waals surface area contributed by atoms with Crippen LogP contribution in [0.3, 0.4) is 0 Å². The highest BCUT2D eigenvalue weighted by atomic mass is 16.6. The van der Waals surface area contributed by atoms with Crippen molar-refractivity contribution in [3.05, 3.63) is 58.1 Å². The first-order valence-corrected chi connectivity index (χ1v) is 8.08. The van der Waals surface area contributed by atoms with Crippen LogP contribution in [-0.2, 0) is 0 Å². The monoisotopic (exact) mass is 333 g/mol. The second-order valence-corrected chi connectivity index (χ2v) is 4.71. The zero-order valence-corrected chi connectivity index (χ0v) is 15.3. The maximum Gasteiger partial charge on any atom is 0.269 e. The van der Waals surface area contributed by atoms with E-state index in [2.05, 4.69) is 13.8 Å². The number of benzene rings is 2. The number of nitro benzene ring substituents is 1. The zero-order valence-electron chi connectivity index (χ0n) is 15.3. The lowest BCUT2D eigenvalue weighted by Gasteiger charge is -2.10. The lowest BCUT2D eigenvalue weighted by Crippen LogP contribution is -1.92. The molecule has 0 saturated carbocycles. The van der Waals surface area contributed by atoms with Crippen LogP contribution in [0, 0.1) is 17.0 Å². The van der Waals surface area contributed by atoms with Gasteiger partial charge in [-0.05, 0) is 36.8 Å². The smallest absolute Gasteiger partial charge is 0.269 e. The van der Waals surface area contributed by atoms with Gasteiger partial charge in [0.05, 0.1) is 12.0 Å². The minimum Gasteiger partial charge on any atom is -0.493 e. The van der Waals surface area contributed by atoms with Gasteiger partial charge in [0.1, 0.15) is 5.75 Å². The molecule has 0 amide bonds. The first-order valence-electron chi connectivity index (χ1n) is 8.08. The van der Waals surface area contributed by atoms with E-state index in [9.17, 15) is 10.1 Å². The third kappa shape index (κ3) is 7.13. The summed E-state index contributed by atoms with van der Waals surface area (Å²) in [5, 5.41) is 10.6. The van der Waals surface area contributed by atoms with Crippen molar-refractivity contribution in [1.82, 2.24) is 0 Å². The molecule has 0 aliphatic heterocycles. The van der Waals surface area contributed by atoms with E-state index in [0.717, 1.165) is 5.56 Å². The summed E-state index contributed by atoms with van der Waals surface area (Å²) in [5.41, 5.74) is 1.07. The molecule has 0 aliphatic carbocycles. The molecule has 0 aliphatic rings. The Morgan fingerprint density at radius 1 is 1.00 bits per heavy atom. The van der Waals surface area contributed by atoms with E-state index in [-0.39, 0.29) is 5.69 Å². The predicted molar refractivity (Wildman–Crippen MR) is 98.2 cm³/mol. The first kappa shape index (κ1) is 21.4. The highest BCUT2D eigenvalue weighted by molar-refractivity contribution is 5.46. The number of ether oxygens (including phenoxy) is 2. The molecule has 2 aromatic rings. The fraction of sp³-hybridized carbons (Fsp3) is 0.368. The average Bonchev–Trinajstić information content (AvgIpc) is 2.58. The van der Waals surface area contributed by atoms with E-state index in [0.29, 0.717) is 17.2 Å². The van der Waals surface area contributed by atoms with E-state index in [4.69, 9.17) is 9.47 Å². The summed E-state index contributed by atoms with van der Waals surface area (Å²) in [4.78, 5) is 10.1. The molecule has 0 N–H and O–H groups in total. The van der Waals surface area contributed by atoms with Crippen LogP contribution in [0.2, 0.25) is 0 Å². The number of rotatable bonds is 4. The Morgan fingerprint density at radius 2 is 1.54 bits per heavy atom. The second-order valence-electron chi connectivity index (χ2n) is 4.71. The normalized spacial score (nSPS) is 8.92. The topological polar surface area (TPSA) is 61.6 Å². The Hall–Kier alpha value is -2.56. The zero-order chi connectivity index (χ0) is 18.5. The van der Waals surface area contributed by atoms with Gasteiger partial charge in [0, 0.05) is 12.1 Å². The molecule has 5 heteroatoms. The fourth-order valence-electron chi connectivity index (χ4n) is 1.63. The van der Waals surface area contributed by atoms with Crippen LogP contribution in [0.15, 0.2) is 42.5 Å². The van der Waals surface area contributed by atoms with E-state index in [1.165, 1.54) is 18.6 Å². The molecule has 0 unspecified atom stereocenters. The molecule has 0 heterocycles. The molecule has 0 fully saturated rings. The maximum absolute atomic E-state index is 10.6. The summed E-state index contributed by atoms with van der Waals surface area (Å²) in [5.74, 6) is 1.72. The minimum absolute atomic E-state index is 0.0311. The first-order chi connectivity index (χ1) is 11.5. The van der Waals surface area contributed by atoms with Gasteiger partial charge in [0.15, 0.2) is 11.5 Å². The Labute approximate surface area is 144 Å². The molecule has 0 atom stereocenters. The fourth-order valence-corrected chi connectivity index (χ4v) is 1.63. The SMILES string of the molecule is CC.CCC.COc1ccc(C)cc1Oc1ccc([N+](=O)[O-])cc1. The number of hydrogen-bond donors (Lipinski definition) is 0. The summed E-state index contributed by atoms with van der Waals surface area (Å²) < 4.78 is 10.9. The molecule has 5 nitrogen and oxygen atoms in total. The van der Waals surface area contributed by atoms with Crippen molar-refractivity contribution < 1.29 is 14.4 Å². The Morgan fingerprint density at radius 3 is 2.00 bits per heavy atom. The van der Waals surface area contributed by atoms with Crippen molar-refractivity contribution in [2.75, 3.05) is 7.11 Å². The van der Waals surface area contributed by atoms with Gasteiger partial charge < -0.3 is 9.47 Å². The van der Waals surface area contributed by atoms with Crippen LogP contribution in [0.25, 0.3) is 0 Å². The number of non-ortho nitro benzene ring substituents is 1. The lowest BCUT2D eigenvalue weighted by atomic mass is 10.2. The Balaban J connectivity index is 0.000000952. The highest BCUT2D eigenvalue weighted by Gasteiger charge is 2.08. The van der Waals surface area contributed by atoms with Crippen molar-refractivity contribution in [3.63, 3.8) is 0 Å². The second kappa shape index (κ2) is 11.9. The van der Waals surface area contributed by atoms with Gasteiger partial charge in [-0.25, -0.2) is 0 Å². The molecule has 2 aromatic carbocycles. The van der Waals surface area contributed by atoms with Crippen molar-refractivity contribution in [2.24, 2.45) is 0 Å². The number of hydrogen-bond acceptors (Lipinski definition) is 4. The largest absolute Gasteiger partial charge is 0.493 e. The number of aryl methyl sites for hydroxylation is 1. The minimum atomic E-state index is -0.447. The predicted octanol–water partition coefficient (Wildman–Crippen LogP) is 6.15. The Kier molecular flexibility index (Phi) is 10.7. The van der Waals surface area contributed by atoms with Gasteiger partial charge in [-0.15, -0.1) is 0 Å². The summed E-state index contributed by atoms with van der Waals surface area (Å²) in [6.07, 6.45) is 1.25. The van der Waals surface area contributed by atoms with Gasteiger partial charge in [-0.2, -0.15) is 0 Å². The molecular formula is C19H27NO4. The number of methoxy groups -OCH3 is 1. The van der Waals surface area contributed by atoms with E-state index in [1.54, 1.807) is 19.2 Å². The van der Waals surface area contributed by atoms with Gasteiger partial charge >= 0.3 is 0 Å². The molecule has 0 aromatic heterocycles. The van der Waals surface area contributed by atoms with Crippen molar-refractivity contribution in [3.8, 4) is 17.2 Å². The molecule has 0 bridgehead atoms. The molecule has 0 saturated heterocycles. The highest BCUT2D eigenvalue weighted by Crippen LogP contribution is 2.32. The van der Waals surface area contributed by atoms with Crippen LogP contribution in [0.1, 0.15) is 39.7 Å². The number of nitrogens with zero attached hydrogens (tertiary/aromatic N) is 1. The third-order valence-corrected chi connectivity index (χ3v) is 2.59. The van der Waals surface area contributed by atoms with Crippen molar-refractivity contribution in [1.29, 1.82) is 0 Å². The maximum atomic E-state index is 10.6. The van der Waals surface area contributed by atoms with Gasteiger partial charge in [-0.1, -0.05) is 40.2 Å². The van der Waals surface area contributed by atoms with E-state index < -0.39 is 4.92 Å². The quantitative estimate of drug-likeness (QED) is 0.497. The number of nitro groups is 1. The summed E-state index contributed by atoms with van der Waals surface area (Å²) in [7, 11) is 1.56. The van der Waals surface area contributed by atoms with Gasteiger partial charge in [0.2, 0.25) is 0 Å².